The van der Waals surface area contributed by atoms with E-state index in [2.05, 4.69) is 18.5 Å². The number of nitrogens with zero attached hydrogens (tertiary/aromatic N) is 2. The molecule has 0 radical (unpaired) electrons. The van der Waals surface area contributed by atoms with Gasteiger partial charge in [-0.2, -0.15) is 0 Å². The highest BCUT2D eigenvalue weighted by atomic mass is 16.6. The summed E-state index contributed by atoms with van der Waals surface area (Å²) in [6.07, 6.45) is 3.54. The van der Waals surface area contributed by atoms with E-state index in [1.54, 1.807) is 17.1 Å². The van der Waals surface area contributed by atoms with Gasteiger partial charge >= 0.3 is 5.97 Å². The molecule has 2 N–H and O–H groups in total. The third-order valence-electron chi connectivity index (χ3n) is 10.1. The molecule has 3 heterocycles. The number of aryl methyl sites for hydroxylation is 2. The van der Waals surface area contributed by atoms with E-state index in [0.29, 0.717) is 30.5 Å². The number of benzene rings is 2. The molecule has 0 unspecified atom stereocenters. The molecule has 3 saturated heterocycles. The van der Waals surface area contributed by atoms with E-state index in [1.165, 1.54) is 12.0 Å². The van der Waals surface area contributed by atoms with Gasteiger partial charge < -0.3 is 34.4 Å². The zero-order valence-electron chi connectivity index (χ0n) is 29.2. The molecule has 7 atom stereocenters. The van der Waals surface area contributed by atoms with Crippen molar-refractivity contribution in [3.63, 3.8) is 0 Å². The lowest BCUT2D eigenvalue weighted by molar-refractivity contribution is -0.163. The number of carbonyl (C=O) groups is 4. The molecule has 268 valence electrons. The summed E-state index contributed by atoms with van der Waals surface area (Å²) in [6.45, 7) is 11.7. The van der Waals surface area contributed by atoms with Crippen molar-refractivity contribution < 1.29 is 38.5 Å². The summed E-state index contributed by atoms with van der Waals surface area (Å²) in [7, 11) is 1.50. The van der Waals surface area contributed by atoms with Gasteiger partial charge in [0, 0.05) is 38.9 Å². The molecule has 0 aromatic heterocycles. The largest absolute Gasteiger partial charge is 0.455 e. The Bertz CT molecular complexity index is 1580. The van der Waals surface area contributed by atoms with E-state index >= 15 is 0 Å². The Hall–Kier alpha value is -4.32. The zero-order chi connectivity index (χ0) is 36.0. The summed E-state index contributed by atoms with van der Waals surface area (Å²) in [4.78, 5) is 59.6. The van der Waals surface area contributed by atoms with Crippen LogP contribution in [-0.4, -0.2) is 90.9 Å². The third-order valence-corrected chi connectivity index (χ3v) is 10.1. The van der Waals surface area contributed by atoms with Crippen molar-refractivity contribution in [2.24, 2.45) is 11.8 Å². The lowest BCUT2D eigenvalue weighted by atomic mass is 9.70. The van der Waals surface area contributed by atoms with Gasteiger partial charge in [0.15, 0.2) is 0 Å². The first-order chi connectivity index (χ1) is 24.1. The fourth-order valence-corrected chi connectivity index (χ4v) is 7.90. The molecule has 0 saturated carbocycles. The molecule has 3 aliphatic rings. The SMILES string of the molecule is C=CCCC(=O)N[C@@H](COC)[C@@H](OC(=O)[C@@H]1[C@H]2C(=O)N(CCCO)[C@H](C(=O)N(CC=C)c3cc(C)ccc3C)[C@]23CC[C@H]1O3)c1ccccc1. The minimum absolute atomic E-state index is 0.0621. The van der Waals surface area contributed by atoms with Gasteiger partial charge in [-0.05, 0) is 62.3 Å². The minimum Gasteiger partial charge on any atom is -0.455 e. The van der Waals surface area contributed by atoms with Crippen LogP contribution in [0.5, 0.6) is 0 Å². The summed E-state index contributed by atoms with van der Waals surface area (Å²) in [5, 5.41) is 12.7. The smallest absolute Gasteiger partial charge is 0.313 e. The van der Waals surface area contributed by atoms with E-state index in [1.807, 2.05) is 62.4 Å². The maximum Gasteiger partial charge on any atom is 0.313 e. The Morgan fingerprint density at radius 2 is 1.92 bits per heavy atom. The molecule has 0 aliphatic carbocycles. The second-order valence-electron chi connectivity index (χ2n) is 13.4. The lowest BCUT2D eigenvalue weighted by Gasteiger charge is -2.37. The quantitative estimate of drug-likeness (QED) is 0.189. The third kappa shape index (κ3) is 7.12. The Morgan fingerprint density at radius 1 is 1.16 bits per heavy atom. The first kappa shape index (κ1) is 36.9. The predicted octanol–water partition coefficient (Wildman–Crippen LogP) is 3.96. The summed E-state index contributed by atoms with van der Waals surface area (Å²) in [5.41, 5.74) is 1.95. The average molecular weight is 688 g/mol. The van der Waals surface area contributed by atoms with Crippen LogP contribution in [0, 0.1) is 25.7 Å². The first-order valence-electron chi connectivity index (χ1n) is 17.3. The van der Waals surface area contributed by atoms with Gasteiger partial charge in [-0.1, -0.05) is 54.6 Å². The number of nitrogens with one attached hydrogen (secondary N) is 1. The number of hydrogen-bond acceptors (Lipinski definition) is 8. The van der Waals surface area contributed by atoms with Crippen LogP contribution in [-0.2, 0) is 33.4 Å². The van der Waals surface area contributed by atoms with Gasteiger partial charge in [-0.3, -0.25) is 19.2 Å². The fourth-order valence-electron chi connectivity index (χ4n) is 7.90. The van der Waals surface area contributed by atoms with Crippen LogP contribution in [0.2, 0.25) is 0 Å². The van der Waals surface area contributed by atoms with Crippen LogP contribution >= 0.6 is 0 Å². The molecule has 3 amide bonds. The van der Waals surface area contributed by atoms with Crippen molar-refractivity contribution in [2.75, 3.05) is 38.3 Å². The molecule has 3 aliphatic heterocycles. The average Bonchev–Trinajstić information content (AvgIpc) is 3.76. The Balaban J connectivity index is 1.50. The summed E-state index contributed by atoms with van der Waals surface area (Å²) >= 11 is 0. The first-order valence-corrected chi connectivity index (χ1v) is 17.3. The highest BCUT2D eigenvalue weighted by Crippen LogP contribution is 2.59. The second kappa shape index (κ2) is 16.1. The number of allylic oxidation sites excluding steroid dienone is 1. The van der Waals surface area contributed by atoms with Crippen LogP contribution < -0.4 is 10.2 Å². The number of aliphatic hydroxyl groups is 1. The summed E-state index contributed by atoms with van der Waals surface area (Å²) < 4.78 is 18.4. The van der Waals surface area contributed by atoms with Crippen molar-refractivity contribution in [3.05, 3.63) is 90.5 Å². The Morgan fingerprint density at radius 3 is 2.60 bits per heavy atom. The van der Waals surface area contributed by atoms with Gasteiger partial charge in [0.05, 0.1) is 30.6 Å². The van der Waals surface area contributed by atoms with Gasteiger partial charge in [-0.25, -0.2) is 0 Å². The number of aliphatic hydroxyl groups excluding tert-OH is 1. The molecule has 2 aromatic carbocycles. The highest BCUT2D eigenvalue weighted by Gasteiger charge is 2.75. The Kier molecular flexibility index (Phi) is 11.9. The number of carbonyl (C=O) groups excluding carboxylic acids is 4. The molecule has 2 bridgehead atoms. The number of anilines is 1. The Labute approximate surface area is 294 Å². The van der Waals surface area contributed by atoms with Crippen LogP contribution in [0.15, 0.2) is 73.8 Å². The van der Waals surface area contributed by atoms with E-state index in [-0.39, 0.29) is 56.9 Å². The van der Waals surface area contributed by atoms with Crippen LogP contribution in [0.25, 0.3) is 0 Å². The molecular formula is C39H49N3O8. The number of esters is 1. The molecule has 11 nitrogen and oxygen atoms in total. The van der Waals surface area contributed by atoms with Crippen molar-refractivity contribution in [3.8, 4) is 0 Å². The van der Waals surface area contributed by atoms with Gasteiger partial charge in [0.25, 0.3) is 5.91 Å². The minimum atomic E-state index is -1.26. The van der Waals surface area contributed by atoms with Crippen molar-refractivity contribution >= 4 is 29.4 Å². The van der Waals surface area contributed by atoms with Crippen molar-refractivity contribution in [1.82, 2.24) is 10.2 Å². The molecule has 3 fully saturated rings. The number of amides is 3. The fraction of sp³-hybridized carbons (Fsp3) is 0.487. The molecule has 2 aromatic rings. The number of ether oxygens (including phenoxy) is 3. The molecule has 50 heavy (non-hydrogen) atoms. The maximum absolute atomic E-state index is 14.8. The van der Waals surface area contributed by atoms with E-state index in [9.17, 15) is 24.3 Å². The molecule has 11 heteroatoms. The summed E-state index contributed by atoms with van der Waals surface area (Å²) in [6, 6.07) is 13.2. The van der Waals surface area contributed by atoms with Crippen molar-refractivity contribution in [2.45, 2.75) is 75.8 Å². The van der Waals surface area contributed by atoms with E-state index in [0.717, 1.165) is 11.1 Å². The highest BCUT2D eigenvalue weighted by molar-refractivity contribution is 6.05. The van der Waals surface area contributed by atoms with Crippen LogP contribution in [0.3, 0.4) is 0 Å². The second-order valence-corrected chi connectivity index (χ2v) is 13.4. The van der Waals surface area contributed by atoms with Gasteiger partial charge in [0.2, 0.25) is 11.8 Å². The topological polar surface area (TPSA) is 135 Å². The number of rotatable bonds is 17. The lowest BCUT2D eigenvalue weighted by Crippen LogP contribution is -2.56. The monoisotopic (exact) mass is 687 g/mol. The van der Waals surface area contributed by atoms with Gasteiger partial charge in [-0.15, -0.1) is 13.2 Å². The predicted molar refractivity (Wildman–Crippen MR) is 188 cm³/mol. The standard InChI is InChI=1S/C39H49N3O8/c1-6-8-15-31(44)40-28(24-48-5)34(27-13-10-9-11-14-27)49-38(47)32-30-18-19-39(50-30)33(32)36(45)42(21-12-22-43)35(39)37(46)41(20-7-2)29-23-25(3)16-17-26(29)4/h6-7,9-11,13-14,16-17,23,28,30,32-35,43H,1-2,8,12,15,18-22,24H2,3-5H3,(H,40,44)/t28-,30+,32-,33-,34-,35+,39-/m0/s1. The van der Waals surface area contributed by atoms with E-state index in [4.69, 9.17) is 14.2 Å². The number of fused-ring (bicyclic) bond motifs is 1. The van der Waals surface area contributed by atoms with Crippen LogP contribution in [0.1, 0.15) is 54.9 Å². The summed E-state index contributed by atoms with van der Waals surface area (Å²) in [5.74, 6) is -3.53. The normalized spacial score (nSPS) is 24.7. The molecule has 1 spiro atoms. The van der Waals surface area contributed by atoms with Crippen LogP contribution in [0.4, 0.5) is 5.69 Å². The maximum atomic E-state index is 14.8. The molecular weight excluding hydrogens is 638 g/mol. The molecule has 5 rings (SSSR count). The van der Waals surface area contributed by atoms with E-state index < -0.39 is 47.7 Å². The number of methoxy groups -OCH3 is 1. The van der Waals surface area contributed by atoms with Crippen molar-refractivity contribution in [1.29, 1.82) is 0 Å². The van der Waals surface area contributed by atoms with Gasteiger partial charge in [0.1, 0.15) is 17.7 Å². The number of likely N-dealkylation sites (tertiary alicyclic amines) is 1. The number of hydrogen-bond donors (Lipinski definition) is 2. The zero-order valence-corrected chi connectivity index (χ0v) is 29.2.